The number of aliphatic hydroxyl groups excluding tert-OH is 1. The number of nitrogens with two attached hydrogens (primary N) is 1. The van der Waals surface area contributed by atoms with Gasteiger partial charge in [-0.2, -0.15) is 0 Å². The quantitative estimate of drug-likeness (QED) is 0.569. The number of benzene rings is 1. The molecule has 0 aliphatic rings. The predicted octanol–water partition coefficient (Wildman–Crippen LogP) is -0.352. The minimum Gasteiger partial charge on any atom is -0.484 e. The van der Waals surface area contributed by atoms with E-state index in [9.17, 15) is 9.90 Å². The number of carbonyl (C=O) groups excluding carboxylic acids is 1. The van der Waals surface area contributed by atoms with E-state index in [0.29, 0.717) is 25.4 Å². The van der Waals surface area contributed by atoms with Crippen LogP contribution in [0.15, 0.2) is 24.3 Å². The molecule has 4 N–H and O–H groups in total. The van der Waals surface area contributed by atoms with Crippen molar-refractivity contribution in [2.45, 2.75) is 12.6 Å². The van der Waals surface area contributed by atoms with Crippen molar-refractivity contribution in [1.29, 1.82) is 0 Å². The molecule has 1 atom stereocenters. The normalized spacial score (nSPS) is 12.1. The lowest BCUT2D eigenvalue weighted by Crippen LogP contribution is -2.29. The van der Waals surface area contributed by atoms with Crippen LogP contribution in [-0.4, -0.2) is 44.0 Å². The molecule has 0 aliphatic carbocycles. The lowest BCUT2D eigenvalue weighted by atomic mass is 10.2. The van der Waals surface area contributed by atoms with E-state index in [1.807, 2.05) is 12.1 Å². The van der Waals surface area contributed by atoms with Crippen LogP contribution in [0.2, 0.25) is 0 Å². The summed E-state index contributed by atoms with van der Waals surface area (Å²) in [7, 11) is 1.55. The molecule has 0 aromatic heterocycles. The highest BCUT2D eigenvalue weighted by molar-refractivity contribution is 5.75. The van der Waals surface area contributed by atoms with E-state index in [1.165, 1.54) is 0 Å². The van der Waals surface area contributed by atoms with Crippen LogP contribution in [0.1, 0.15) is 5.56 Å². The second kappa shape index (κ2) is 8.47. The zero-order valence-corrected chi connectivity index (χ0v) is 11.0. The van der Waals surface area contributed by atoms with E-state index >= 15 is 0 Å². The van der Waals surface area contributed by atoms with Gasteiger partial charge in [0.05, 0.1) is 12.7 Å². The smallest absolute Gasteiger partial charge is 0.255 e. The maximum atomic E-state index is 10.6. The van der Waals surface area contributed by atoms with Gasteiger partial charge in [0.2, 0.25) is 0 Å². The van der Waals surface area contributed by atoms with Crippen molar-refractivity contribution >= 4 is 5.91 Å². The van der Waals surface area contributed by atoms with Crippen molar-refractivity contribution in [3.05, 3.63) is 29.8 Å². The lowest BCUT2D eigenvalue weighted by molar-refractivity contribution is -0.119. The number of primary amides is 1. The van der Waals surface area contributed by atoms with Gasteiger partial charge < -0.3 is 25.6 Å². The monoisotopic (exact) mass is 268 g/mol. The number of rotatable bonds is 9. The van der Waals surface area contributed by atoms with Crippen LogP contribution in [0, 0.1) is 0 Å². The molecule has 0 saturated carbocycles. The molecular weight excluding hydrogens is 248 g/mol. The molecule has 19 heavy (non-hydrogen) atoms. The summed E-state index contributed by atoms with van der Waals surface area (Å²) >= 11 is 0. The zero-order chi connectivity index (χ0) is 14.1. The fraction of sp³-hybridized carbons (Fsp3) is 0.462. The van der Waals surface area contributed by atoms with Crippen LogP contribution >= 0.6 is 0 Å². The van der Waals surface area contributed by atoms with Crippen molar-refractivity contribution in [2.75, 3.05) is 26.9 Å². The maximum Gasteiger partial charge on any atom is 0.255 e. The SMILES string of the molecule is COCC(O)CNCc1ccc(OCC(N)=O)cc1. The van der Waals surface area contributed by atoms with Gasteiger partial charge in [0, 0.05) is 20.2 Å². The first-order valence-corrected chi connectivity index (χ1v) is 5.99. The number of ether oxygens (including phenoxy) is 2. The van der Waals surface area contributed by atoms with Gasteiger partial charge in [-0.05, 0) is 17.7 Å². The summed E-state index contributed by atoms with van der Waals surface area (Å²) in [6.07, 6.45) is -0.511. The van der Waals surface area contributed by atoms with Gasteiger partial charge in [0.15, 0.2) is 6.61 Å². The summed E-state index contributed by atoms with van der Waals surface area (Å²) in [5.74, 6) is 0.0971. The van der Waals surface area contributed by atoms with Crippen molar-refractivity contribution in [3.8, 4) is 5.75 Å². The largest absolute Gasteiger partial charge is 0.484 e. The number of amides is 1. The van der Waals surface area contributed by atoms with Gasteiger partial charge in [-0.25, -0.2) is 0 Å². The minimum absolute atomic E-state index is 0.124. The van der Waals surface area contributed by atoms with Gasteiger partial charge in [0.1, 0.15) is 5.75 Å². The molecule has 0 fully saturated rings. The zero-order valence-electron chi connectivity index (χ0n) is 11.0. The van der Waals surface area contributed by atoms with Crippen LogP contribution in [-0.2, 0) is 16.1 Å². The predicted molar refractivity (Wildman–Crippen MR) is 70.7 cm³/mol. The summed E-state index contributed by atoms with van der Waals surface area (Å²) < 4.78 is 9.97. The van der Waals surface area contributed by atoms with E-state index in [0.717, 1.165) is 5.56 Å². The molecule has 0 aliphatic heterocycles. The average Bonchev–Trinajstić information content (AvgIpc) is 2.38. The molecule has 0 bridgehead atoms. The highest BCUT2D eigenvalue weighted by Crippen LogP contribution is 2.11. The molecule has 1 rings (SSSR count). The van der Waals surface area contributed by atoms with E-state index in [2.05, 4.69) is 5.32 Å². The average molecular weight is 268 g/mol. The molecule has 1 unspecified atom stereocenters. The van der Waals surface area contributed by atoms with Gasteiger partial charge >= 0.3 is 0 Å². The second-order valence-electron chi connectivity index (χ2n) is 4.14. The van der Waals surface area contributed by atoms with Crippen molar-refractivity contribution < 1.29 is 19.4 Å². The minimum atomic E-state index is -0.511. The van der Waals surface area contributed by atoms with Crippen molar-refractivity contribution in [1.82, 2.24) is 5.32 Å². The molecule has 0 spiro atoms. The lowest BCUT2D eigenvalue weighted by Gasteiger charge is -2.11. The van der Waals surface area contributed by atoms with Crippen molar-refractivity contribution in [2.24, 2.45) is 5.73 Å². The molecule has 0 radical (unpaired) electrons. The van der Waals surface area contributed by atoms with Crippen LogP contribution in [0.3, 0.4) is 0 Å². The Morgan fingerprint density at radius 3 is 2.68 bits per heavy atom. The highest BCUT2D eigenvalue weighted by atomic mass is 16.5. The summed E-state index contributed by atoms with van der Waals surface area (Å²) in [5.41, 5.74) is 6.03. The first-order valence-electron chi connectivity index (χ1n) is 5.99. The molecule has 6 nitrogen and oxygen atoms in total. The number of aliphatic hydroxyl groups is 1. The Kier molecular flexibility index (Phi) is 6.88. The summed E-state index contributed by atoms with van der Waals surface area (Å²) in [6.45, 7) is 1.29. The fourth-order valence-electron chi connectivity index (χ4n) is 1.49. The third kappa shape index (κ3) is 6.76. The molecule has 0 heterocycles. The van der Waals surface area contributed by atoms with Crippen LogP contribution < -0.4 is 15.8 Å². The fourth-order valence-corrected chi connectivity index (χ4v) is 1.49. The molecule has 6 heteroatoms. The highest BCUT2D eigenvalue weighted by Gasteiger charge is 2.02. The standard InChI is InChI=1S/C13H20N2O4/c1-18-8-11(16)7-15-6-10-2-4-12(5-3-10)19-9-13(14)17/h2-5,11,15-16H,6-9H2,1H3,(H2,14,17). The Morgan fingerprint density at radius 2 is 2.11 bits per heavy atom. The Labute approximate surface area is 112 Å². The van der Waals surface area contributed by atoms with Gasteiger partial charge in [-0.3, -0.25) is 4.79 Å². The number of nitrogens with one attached hydrogen (secondary N) is 1. The number of hydrogen-bond acceptors (Lipinski definition) is 5. The first kappa shape index (κ1) is 15.4. The number of hydrogen-bond donors (Lipinski definition) is 3. The molecule has 1 amide bonds. The third-order valence-electron chi connectivity index (χ3n) is 2.37. The third-order valence-corrected chi connectivity index (χ3v) is 2.37. The Hall–Kier alpha value is -1.63. The topological polar surface area (TPSA) is 93.8 Å². The molecular formula is C13H20N2O4. The summed E-state index contributed by atoms with van der Waals surface area (Å²) in [6, 6.07) is 7.30. The molecule has 106 valence electrons. The van der Waals surface area contributed by atoms with Crippen LogP contribution in [0.25, 0.3) is 0 Å². The van der Waals surface area contributed by atoms with Crippen molar-refractivity contribution in [3.63, 3.8) is 0 Å². The summed E-state index contributed by atoms with van der Waals surface area (Å²) in [4.78, 5) is 10.6. The number of methoxy groups -OCH3 is 1. The first-order chi connectivity index (χ1) is 9.11. The van der Waals surface area contributed by atoms with E-state index < -0.39 is 12.0 Å². The van der Waals surface area contributed by atoms with Gasteiger partial charge in [0.25, 0.3) is 5.91 Å². The Morgan fingerprint density at radius 1 is 1.42 bits per heavy atom. The Bertz CT molecular complexity index is 381. The van der Waals surface area contributed by atoms with Gasteiger partial charge in [-0.1, -0.05) is 12.1 Å². The maximum absolute atomic E-state index is 10.6. The van der Waals surface area contributed by atoms with Gasteiger partial charge in [-0.15, -0.1) is 0 Å². The molecule has 1 aromatic rings. The summed E-state index contributed by atoms with van der Waals surface area (Å²) in [5, 5.41) is 12.6. The van der Waals surface area contributed by atoms with Crippen LogP contribution in [0.4, 0.5) is 0 Å². The molecule has 0 saturated heterocycles. The van der Waals surface area contributed by atoms with Crippen LogP contribution in [0.5, 0.6) is 5.75 Å². The second-order valence-corrected chi connectivity index (χ2v) is 4.14. The number of carbonyl (C=O) groups is 1. The van der Waals surface area contributed by atoms with E-state index in [1.54, 1.807) is 19.2 Å². The van der Waals surface area contributed by atoms with E-state index in [4.69, 9.17) is 15.2 Å². The molecule has 1 aromatic carbocycles. The Balaban J connectivity index is 2.29. The van der Waals surface area contributed by atoms with E-state index in [-0.39, 0.29) is 6.61 Å².